The van der Waals surface area contributed by atoms with Crippen molar-refractivity contribution in [2.75, 3.05) is 52.5 Å². The van der Waals surface area contributed by atoms with E-state index in [1.165, 1.54) is 10.9 Å². The van der Waals surface area contributed by atoms with Gasteiger partial charge in [0.25, 0.3) is 0 Å². The van der Waals surface area contributed by atoms with Crippen LogP contribution in [0.5, 0.6) is 0 Å². The van der Waals surface area contributed by atoms with Crippen LogP contribution in [0.1, 0.15) is 12.0 Å². The van der Waals surface area contributed by atoms with Gasteiger partial charge in [0.05, 0.1) is 19.1 Å². The third kappa shape index (κ3) is 4.36. The van der Waals surface area contributed by atoms with Crippen molar-refractivity contribution in [3.05, 3.63) is 36.0 Å². The maximum atomic E-state index is 12.5. The number of morpholine rings is 1. The number of carbonyl (C=O) groups excluding carboxylic acids is 2. The molecule has 0 radical (unpaired) electrons. The van der Waals surface area contributed by atoms with Gasteiger partial charge >= 0.3 is 0 Å². The number of fused-ring (bicyclic) bond motifs is 1. The molecule has 3 heterocycles. The zero-order valence-electron chi connectivity index (χ0n) is 16.2. The van der Waals surface area contributed by atoms with Gasteiger partial charge in [0.15, 0.2) is 0 Å². The molecule has 0 saturated carbocycles. The number of hydrogen-bond acceptors (Lipinski definition) is 4. The highest BCUT2D eigenvalue weighted by Crippen LogP contribution is 2.19. The Kier molecular flexibility index (Phi) is 5.92. The summed E-state index contributed by atoms with van der Waals surface area (Å²) in [4.78, 5) is 32.2. The van der Waals surface area contributed by atoms with Crippen LogP contribution in [0.3, 0.4) is 0 Å². The van der Waals surface area contributed by atoms with Gasteiger partial charge in [0.1, 0.15) is 0 Å². The molecule has 7 heteroatoms. The number of aromatic amines is 1. The smallest absolute Gasteiger partial charge is 0.225 e. The molecule has 0 aliphatic carbocycles. The minimum Gasteiger partial charge on any atom is -0.379 e. The highest BCUT2D eigenvalue weighted by atomic mass is 16.5. The lowest BCUT2D eigenvalue weighted by Gasteiger charge is -2.28. The van der Waals surface area contributed by atoms with Gasteiger partial charge in [0, 0.05) is 62.8 Å². The Morgan fingerprint density at radius 1 is 1.21 bits per heavy atom. The maximum absolute atomic E-state index is 12.5. The number of ether oxygens (including phenoxy) is 1. The Morgan fingerprint density at radius 2 is 2.04 bits per heavy atom. The third-order valence-corrected chi connectivity index (χ3v) is 5.74. The molecule has 2 N–H and O–H groups in total. The van der Waals surface area contributed by atoms with Crippen molar-refractivity contribution in [3.63, 3.8) is 0 Å². The van der Waals surface area contributed by atoms with Crippen LogP contribution in [0.2, 0.25) is 0 Å². The molecule has 150 valence electrons. The summed E-state index contributed by atoms with van der Waals surface area (Å²) < 4.78 is 5.35. The molecule has 2 aromatic rings. The summed E-state index contributed by atoms with van der Waals surface area (Å²) in [6.45, 7) is 6.01. The normalized spacial score (nSPS) is 20.8. The van der Waals surface area contributed by atoms with Crippen LogP contribution in [-0.2, 0) is 20.7 Å². The summed E-state index contributed by atoms with van der Waals surface area (Å²) in [5, 5.41) is 4.21. The first-order valence-electron chi connectivity index (χ1n) is 10.1. The molecule has 4 rings (SSSR count). The fourth-order valence-corrected chi connectivity index (χ4v) is 4.05. The summed E-state index contributed by atoms with van der Waals surface area (Å²) in [6.07, 6.45) is 3.10. The number of hydrogen-bond donors (Lipinski definition) is 2. The van der Waals surface area contributed by atoms with E-state index in [9.17, 15) is 9.59 Å². The van der Waals surface area contributed by atoms with Gasteiger partial charge in [-0.1, -0.05) is 18.2 Å². The van der Waals surface area contributed by atoms with E-state index >= 15 is 0 Å². The molecule has 2 aliphatic heterocycles. The van der Waals surface area contributed by atoms with Crippen molar-refractivity contribution in [1.82, 2.24) is 20.1 Å². The van der Waals surface area contributed by atoms with Gasteiger partial charge < -0.3 is 19.9 Å². The van der Waals surface area contributed by atoms with Gasteiger partial charge in [-0.15, -0.1) is 0 Å². The number of likely N-dealkylation sites (tertiary alicyclic amines) is 1. The maximum Gasteiger partial charge on any atom is 0.225 e. The van der Waals surface area contributed by atoms with Gasteiger partial charge in [-0.2, -0.15) is 0 Å². The molecule has 2 aliphatic rings. The van der Waals surface area contributed by atoms with Crippen molar-refractivity contribution in [3.8, 4) is 0 Å². The Hall–Kier alpha value is -2.38. The lowest BCUT2D eigenvalue weighted by molar-refractivity contribution is -0.129. The van der Waals surface area contributed by atoms with Crippen molar-refractivity contribution in [1.29, 1.82) is 0 Å². The summed E-state index contributed by atoms with van der Waals surface area (Å²) >= 11 is 0. The van der Waals surface area contributed by atoms with Crippen molar-refractivity contribution < 1.29 is 14.3 Å². The monoisotopic (exact) mass is 384 g/mol. The predicted molar refractivity (Wildman–Crippen MR) is 107 cm³/mol. The lowest BCUT2D eigenvalue weighted by atomic mass is 10.1. The number of para-hydroxylation sites is 1. The molecule has 1 atom stereocenters. The second-order valence-corrected chi connectivity index (χ2v) is 7.60. The summed E-state index contributed by atoms with van der Waals surface area (Å²) in [6, 6.07) is 8.16. The summed E-state index contributed by atoms with van der Waals surface area (Å²) in [7, 11) is 0. The largest absolute Gasteiger partial charge is 0.379 e. The minimum atomic E-state index is -0.236. The van der Waals surface area contributed by atoms with Crippen molar-refractivity contribution >= 4 is 22.7 Å². The number of benzene rings is 1. The highest BCUT2D eigenvalue weighted by Gasteiger charge is 2.34. The first kappa shape index (κ1) is 19.0. The fourth-order valence-electron chi connectivity index (χ4n) is 4.05. The number of aromatic nitrogens is 1. The Bertz CT molecular complexity index is 828. The van der Waals surface area contributed by atoms with E-state index in [4.69, 9.17) is 4.74 Å². The zero-order valence-corrected chi connectivity index (χ0v) is 16.2. The number of nitrogens with one attached hydrogen (secondary N) is 2. The zero-order chi connectivity index (χ0) is 19.3. The number of nitrogens with zero attached hydrogens (tertiary/aromatic N) is 2. The van der Waals surface area contributed by atoms with E-state index in [2.05, 4.69) is 21.3 Å². The van der Waals surface area contributed by atoms with Crippen LogP contribution in [0.4, 0.5) is 0 Å². The fraction of sp³-hybridized carbons (Fsp3) is 0.524. The van der Waals surface area contributed by atoms with E-state index in [0.29, 0.717) is 26.1 Å². The highest BCUT2D eigenvalue weighted by molar-refractivity contribution is 5.89. The van der Waals surface area contributed by atoms with E-state index in [1.54, 1.807) is 0 Å². The minimum absolute atomic E-state index is 0.0120. The molecule has 1 aromatic carbocycles. The van der Waals surface area contributed by atoms with Crippen molar-refractivity contribution in [2.24, 2.45) is 5.92 Å². The second-order valence-electron chi connectivity index (χ2n) is 7.60. The SMILES string of the molecule is O=C(NCCc1c[nH]c2ccccc12)C1CC(=O)N(CCN2CCOCC2)C1. The Morgan fingerprint density at radius 3 is 2.89 bits per heavy atom. The topological polar surface area (TPSA) is 77.7 Å². The second kappa shape index (κ2) is 8.75. The van der Waals surface area contributed by atoms with Gasteiger partial charge in [-0.25, -0.2) is 0 Å². The van der Waals surface area contributed by atoms with E-state index in [1.807, 2.05) is 29.3 Å². The van der Waals surface area contributed by atoms with Gasteiger partial charge in [0.2, 0.25) is 11.8 Å². The average Bonchev–Trinajstić information content (AvgIpc) is 3.31. The van der Waals surface area contributed by atoms with Crippen LogP contribution < -0.4 is 5.32 Å². The van der Waals surface area contributed by atoms with Crippen LogP contribution >= 0.6 is 0 Å². The number of carbonyl (C=O) groups is 2. The number of amides is 2. The van der Waals surface area contributed by atoms with Crippen LogP contribution in [0.25, 0.3) is 10.9 Å². The predicted octanol–water partition coefficient (Wildman–Crippen LogP) is 1.01. The lowest BCUT2D eigenvalue weighted by Crippen LogP contribution is -2.42. The molecular formula is C21H28N4O3. The molecular weight excluding hydrogens is 356 g/mol. The molecule has 1 aromatic heterocycles. The standard InChI is InChI=1S/C21H28N4O3/c26-20-13-17(15-25(20)8-7-24-9-11-28-12-10-24)21(27)22-6-5-16-14-23-19-4-2-1-3-18(16)19/h1-4,14,17,23H,5-13,15H2,(H,22,27). The van der Waals surface area contributed by atoms with Crippen LogP contribution in [0, 0.1) is 5.92 Å². The quantitative estimate of drug-likeness (QED) is 0.747. The first-order chi connectivity index (χ1) is 13.7. The summed E-state index contributed by atoms with van der Waals surface area (Å²) in [5.41, 5.74) is 2.31. The molecule has 2 amide bonds. The molecule has 28 heavy (non-hydrogen) atoms. The average molecular weight is 384 g/mol. The molecule has 0 bridgehead atoms. The van der Waals surface area contributed by atoms with E-state index < -0.39 is 0 Å². The van der Waals surface area contributed by atoms with Crippen molar-refractivity contribution in [2.45, 2.75) is 12.8 Å². The molecule has 2 saturated heterocycles. The molecule has 2 fully saturated rings. The van der Waals surface area contributed by atoms with Crippen LogP contribution in [0.15, 0.2) is 30.5 Å². The Balaban J connectivity index is 1.22. The number of rotatable bonds is 7. The first-order valence-corrected chi connectivity index (χ1v) is 10.1. The summed E-state index contributed by atoms with van der Waals surface area (Å²) in [5.74, 6) is -0.160. The van der Waals surface area contributed by atoms with Crippen LogP contribution in [-0.4, -0.2) is 79.1 Å². The number of H-pyrrole nitrogens is 1. The van der Waals surface area contributed by atoms with E-state index in [0.717, 1.165) is 44.8 Å². The third-order valence-electron chi connectivity index (χ3n) is 5.74. The Labute approximate surface area is 165 Å². The molecule has 0 spiro atoms. The van der Waals surface area contributed by atoms with Gasteiger partial charge in [-0.3, -0.25) is 14.5 Å². The molecule has 7 nitrogen and oxygen atoms in total. The van der Waals surface area contributed by atoms with E-state index in [-0.39, 0.29) is 17.7 Å². The van der Waals surface area contributed by atoms with Gasteiger partial charge in [-0.05, 0) is 18.1 Å². The molecule has 1 unspecified atom stereocenters.